The molecule has 0 saturated carbocycles. The van der Waals surface area contributed by atoms with Crippen molar-refractivity contribution in [3.63, 3.8) is 0 Å². The monoisotopic (exact) mass is 380 g/mol. The summed E-state index contributed by atoms with van der Waals surface area (Å²) in [6.07, 6.45) is 0. The number of anilines is 2. The van der Waals surface area contributed by atoms with Crippen molar-refractivity contribution >= 4 is 57.1 Å². The molecule has 2 aromatic rings. The standard InChI is InChI=1S/C20H16N2O2S2/c1-11-7-6-10-14(12(11)2)22-19(24)17(26-20(22)25)16-13-8-4-5-9-15(13)21(3)18(16)23/h4-10H,1-3H3/b17-16-. The molecule has 0 unspecified atom stereocenters. The Morgan fingerprint density at radius 3 is 2.38 bits per heavy atom. The third-order valence-electron chi connectivity index (χ3n) is 4.87. The molecule has 2 amide bonds. The zero-order valence-corrected chi connectivity index (χ0v) is 16.2. The van der Waals surface area contributed by atoms with E-state index in [0.717, 1.165) is 28.1 Å². The highest BCUT2D eigenvalue weighted by Crippen LogP contribution is 2.45. The molecule has 0 bridgehead atoms. The fraction of sp³-hybridized carbons (Fsp3) is 0.150. The highest BCUT2D eigenvalue weighted by molar-refractivity contribution is 8.27. The van der Waals surface area contributed by atoms with Crippen LogP contribution in [-0.4, -0.2) is 23.2 Å². The molecule has 1 fully saturated rings. The summed E-state index contributed by atoms with van der Waals surface area (Å²) >= 11 is 6.69. The molecular formula is C20H16N2O2S2. The van der Waals surface area contributed by atoms with Gasteiger partial charge in [-0.25, -0.2) is 0 Å². The van der Waals surface area contributed by atoms with Gasteiger partial charge in [-0.1, -0.05) is 54.3 Å². The largest absolute Gasteiger partial charge is 0.311 e. The van der Waals surface area contributed by atoms with Crippen molar-refractivity contribution in [3.05, 3.63) is 64.1 Å². The van der Waals surface area contributed by atoms with E-state index in [9.17, 15) is 9.59 Å². The molecule has 2 aliphatic rings. The zero-order chi connectivity index (χ0) is 18.6. The van der Waals surface area contributed by atoms with E-state index in [0.29, 0.717) is 14.8 Å². The SMILES string of the molecule is Cc1cccc(N2C(=O)/C(=C3/C(=O)N(C)c4ccccc43)SC2=S)c1C. The van der Waals surface area contributed by atoms with Gasteiger partial charge in [0.05, 0.1) is 21.9 Å². The lowest BCUT2D eigenvalue weighted by molar-refractivity contribution is -0.115. The van der Waals surface area contributed by atoms with E-state index in [1.807, 2.05) is 56.3 Å². The maximum atomic E-state index is 13.2. The Kier molecular flexibility index (Phi) is 3.97. The number of rotatable bonds is 1. The molecule has 2 aromatic carbocycles. The Bertz CT molecular complexity index is 1030. The van der Waals surface area contributed by atoms with Gasteiger partial charge in [0.1, 0.15) is 0 Å². The lowest BCUT2D eigenvalue weighted by Crippen LogP contribution is -2.29. The third kappa shape index (κ3) is 2.33. The minimum atomic E-state index is -0.234. The molecule has 4 nitrogen and oxygen atoms in total. The van der Waals surface area contributed by atoms with Gasteiger partial charge in [-0.2, -0.15) is 0 Å². The van der Waals surface area contributed by atoms with Gasteiger partial charge in [0.15, 0.2) is 4.32 Å². The number of para-hydroxylation sites is 1. The summed E-state index contributed by atoms with van der Waals surface area (Å²) in [6.45, 7) is 3.97. The van der Waals surface area contributed by atoms with Crippen LogP contribution in [0.1, 0.15) is 16.7 Å². The molecule has 0 spiro atoms. The molecule has 0 radical (unpaired) electrons. The highest BCUT2D eigenvalue weighted by atomic mass is 32.2. The second-order valence-electron chi connectivity index (χ2n) is 6.31. The van der Waals surface area contributed by atoms with Crippen molar-refractivity contribution in [3.8, 4) is 0 Å². The van der Waals surface area contributed by atoms with Gasteiger partial charge in [-0.3, -0.25) is 14.5 Å². The van der Waals surface area contributed by atoms with Gasteiger partial charge < -0.3 is 4.90 Å². The van der Waals surface area contributed by atoms with Crippen LogP contribution in [0.15, 0.2) is 47.4 Å². The van der Waals surface area contributed by atoms with Crippen LogP contribution in [0.3, 0.4) is 0 Å². The molecule has 0 N–H and O–H groups in total. The maximum Gasteiger partial charge on any atom is 0.271 e. The minimum Gasteiger partial charge on any atom is -0.311 e. The topological polar surface area (TPSA) is 40.6 Å². The number of thioether (sulfide) groups is 1. The summed E-state index contributed by atoms with van der Waals surface area (Å²) in [5.41, 5.74) is 4.89. The van der Waals surface area contributed by atoms with E-state index in [4.69, 9.17) is 12.2 Å². The van der Waals surface area contributed by atoms with Gasteiger partial charge in [-0.15, -0.1) is 0 Å². The number of carbonyl (C=O) groups excluding carboxylic acids is 2. The van der Waals surface area contributed by atoms with E-state index in [1.165, 1.54) is 11.8 Å². The summed E-state index contributed by atoms with van der Waals surface area (Å²) in [5, 5.41) is 0. The fourth-order valence-electron chi connectivity index (χ4n) is 3.29. The number of hydrogen-bond acceptors (Lipinski definition) is 4. The van der Waals surface area contributed by atoms with Crippen molar-refractivity contribution in [2.24, 2.45) is 0 Å². The Morgan fingerprint density at radius 2 is 1.62 bits per heavy atom. The molecule has 26 heavy (non-hydrogen) atoms. The number of amides is 2. The van der Waals surface area contributed by atoms with Gasteiger partial charge in [0.25, 0.3) is 11.8 Å². The summed E-state index contributed by atoms with van der Waals surface area (Å²) in [4.78, 5) is 29.5. The van der Waals surface area contributed by atoms with E-state index in [-0.39, 0.29) is 11.8 Å². The molecule has 2 aliphatic heterocycles. The normalized spacial score (nSPS) is 19.6. The predicted molar refractivity (Wildman–Crippen MR) is 110 cm³/mol. The Hall–Kier alpha value is -2.44. The van der Waals surface area contributed by atoms with Gasteiger partial charge >= 0.3 is 0 Å². The number of thiocarbonyl (C=S) groups is 1. The van der Waals surface area contributed by atoms with Crippen LogP contribution >= 0.6 is 24.0 Å². The molecule has 4 rings (SSSR count). The van der Waals surface area contributed by atoms with Crippen molar-refractivity contribution in [1.82, 2.24) is 0 Å². The number of hydrogen-bond donors (Lipinski definition) is 0. The van der Waals surface area contributed by atoms with Crippen molar-refractivity contribution < 1.29 is 9.59 Å². The molecule has 0 aliphatic carbocycles. The van der Waals surface area contributed by atoms with E-state index in [1.54, 1.807) is 16.8 Å². The number of likely N-dealkylation sites (N-methyl/N-ethyl adjacent to an activating group) is 1. The summed E-state index contributed by atoms with van der Waals surface area (Å²) in [5.74, 6) is -0.408. The van der Waals surface area contributed by atoms with Crippen LogP contribution in [0.2, 0.25) is 0 Å². The van der Waals surface area contributed by atoms with E-state index < -0.39 is 0 Å². The average molecular weight is 380 g/mol. The predicted octanol–water partition coefficient (Wildman–Crippen LogP) is 4.06. The quantitative estimate of drug-likeness (QED) is 0.553. The first-order chi connectivity index (χ1) is 12.4. The number of nitrogens with zero attached hydrogens (tertiary/aromatic N) is 2. The fourth-order valence-corrected chi connectivity index (χ4v) is 4.65. The van der Waals surface area contributed by atoms with Gasteiger partial charge in [0, 0.05) is 12.6 Å². The van der Waals surface area contributed by atoms with Crippen molar-refractivity contribution in [2.45, 2.75) is 13.8 Å². The van der Waals surface area contributed by atoms with Crippen LogP contribution in [0.5, 0.6) is 0 Å². The summed E-state index contributed by atoms with van der Waals surface area (Å²) in [7, 11) is 1.72. The van der Waals surface area contributed by atoms with Crippen LogP contribution in [0, 0.1) is 13.8 Å². The van der Waals surface area contributed by atoms with Crippen LogP contribution in [0.4, 0.5) is 11.4 Å². The lowest BCUT2D eigenvalue weighted by atomic mass is 10.1. The molecular weight excluding hydrogens is 364 g/mol. The third-order valence-corrected chi connectivity index (χ3v) is 6.24. The zero-order valence-electron chi connectivity index (χ0n) is 14.6. The van der Waals surface area contributed by atoms with Crippen LogP contribution in [0.25, 0.3) is 5.57 Å². The second kappa shape index (κ2) is 6.07. The first-order valence-electron chi connectivity index (χ1n) is 8.16. The number of carbonyl (C=O) groups is 2. The highest BCUT2D eigenvalue weighted by Gasteiger charge is 2.41. The maximum absolute atomic E-state index is 13.2. The molecule has 0 atom stereocenters. The van der Waals surface area contributed by atoms with E-state index in [2.05, 4.69) is 0 Å². The Morgan fingerprint density at radius 1 is 0.923 bits per heavy atom. The minimum absolute atomic E-state index is 0.173. The Balaban J connectivity index is 1.87. The van der Waals surface area contributed by atoms with Gasteiger partial charge in [-0.05, 0) is 37.1 Å². The number of fused-ring (bicyclic) bond motifs is 1. The molecule has 0 aromatic heterocycles. The molecule has 6 heteroatoms. The first-order valence-corrected chi connectivity index (χ1v) is 9.38. The molecule has 2 heterocycles. The smallest absolute Gasteiger partial charge is 0.271 e. The number of benzene rings is 2. The van der Waals surface area contributed by atoms with Crippen molar-refractivity contribution in [1.29, 1.82) is 0 Å². The van der Waals surface area contributed by atoms with Crippen LogP contribution in [-0.2, 0) is 9.59 Å². The van der Waals surface area contributed by atoms with E-state index >= 15 is 0 Å². The average Bonchev–Trinajstić information content (AvgIpc) is 3.05. The molecule has 1 saturated heterocycles. The lowest BCUT2D eigenvalue weighted by Gasteiger charge is -2.18. The molecule has 130 valence electrons. The van der Waals surface area contributed by atoms with Crippen molar-refractivity contribution in [2.75, 3.05) is 16.8 Å². The first kappa shape index (κ1) is 17.0. The summed E-state index contributed by atoms with van der Waals surface area (Å²) in [6, 6.07) is 13.3. The Labute approximate surface area is 161 Å². The second-order valence-corrected chi connectivity index (χ2v) is 7.96. The van der Waals surface area contributed by atoms with Crippen LogP contribution < -0.4 is 9.80 Å². The summed E-state index contributed by atoms with van der Waals surface area (Å²) < 4.78 is 0.450. The number of aryl methyl sites for hydroxylation is 1. The van der Waals surface area contributed by atoms with Gasteiger partial charge in [0.2, 0.25) is 0 Å².